The fourth-order valence-electron chi connectivity index (χ4n) is 2.84. The number of ether oxygens (including phenoxy) is 2. The first-order chi connectivity index (χ1) is 9.81. The van der Waals surface area contributed by atoms with Crippen molar-refractivity contribution in [2.75, 3.05) is 7.11 Å². The van der Waals surface area contributed by atoms with Gasteiger partial charge in [0, 0.05) is 24.2 Å². The minimum absolute atomic E-state index is 0.0396. The summed E-state index contributed by atoms with van der Waals surface area (Å²) in [7, 11) is 3.41. The van der Waals surface area contributed by atoms with Crippen LogP contribution < -0.4 is 4.74 Å². The topological polar surface area (TPSA) is 52.6 Å². The Morgan fingerprint density at radius 2 is 1.86 bits per heavy atom. The van der Waals surface area contributed by atoms with Gasteiger partial charge in [0.1, 0.15) is 16.7 Å². The summed E-state index contributed by atoms with van der Waals surface area (Å²) in [5.41, 5.74) is 1.63. The second kappa shape index (κ2) is 6.55. The molecule has 0 N–H and O–H groups in total. The van der Waals surface area contributed by atoms with Gasteiger partial charge in [0.25, 0.3) is 9.05 Å². The number of rotatable bonds is 4. The predicted octanol–water partition coefficient (Wildman–Crippen LogP) is 3.57. The number of hydrogen-bond acceptors (Lipinski definition) is 4. The maximum absolute atomic E-state index is 11.8. The highest BCUT2D eigenvalue weighted by Crippen LogP contribution is 2.34. The quantitative estimate of drug-likeness (QED) is 0.791. The molecule has 2 rings (SSSR count). The van der Waals surface area contributed by atoms with Crippen LogP contribution in [0, 0.1) is 13.8 Å². The fraction of sp³-hybridized carbons (Fsp3) is 0.600. The number of methoxy groups -OCH3 is 1. The van der Waals surface area contributed by atoms with Gasteiger partial charge in [-0.1, -0.05) is 6.07 Å². The lowest BCUT2D eigenvalue weighted by Crippen LogP contribution is -2.30. The van der Waals surface area contributed by atoms with Gasteiger partial charge in [-0.25, -0.2) is 8.42 Å². The van der Waals surface area contributed by atoms with E-state index in [1.165, 1.54) is 0 Å². The van der Waals surface area contributed by atoms with Crippen LogP contribution in [0.3, 0.4) is 0 Å². The molecule has 1 aliphatic rings. The first kappa shape index (κ1) is 16.6. The third kappa shape index (κ3) is 4.11. The Labute approximate surface area is 130 Å². The maximum atomic E-state index is 11.8. The monoisotopic (exact) mass is 332 g/mol. The van der Waals surface area contributed by atoms with Crippen LogP contribution in [0.5, 0.6) is 5.75 Å². The van der Waals surface area contributed by atoms with Gasteiger partial charge in [-0.15, -0.1) is 0 Å². The first-order valence-corrected chi connectivity index (χ1v) is 9.37. The SMILES string of the molecule is COC1CCCC(Oc2c(C)cc(C)cc2S(=O)(=O)Cl)C1. The molecular weight excluding hydrogens is 312 g/mol. The molecule has 1 aromatic rings. The summed E-state index contributed by atoms with van der Waals surface area (Å²) in [6, 6.07) is 3.46. The van der Waals surface area contributed by atoms with Crippen LogP contribution in [-0.2, 0) is 13.8 Å². The number of halogens is 1. The molecule has 0 aromatic heterocycles. The average Bonchev–Trinajstić information content (AvgIpc) is 2.40. The lowest BCUT2D eigenvalue weighted by molar-refractivity contribution is 0.0198. The largest absolute Gasteiger partial charge is 0.489 e. The predicted molar refractivity (Wildman–Crippen MR) is 82.6 cm³/mol. The molecule has 0 radical (unpaired) electrons. The van der Waals surface area contributed by atoms with E-state index >= 15 is 0 Å². The Kier molecular flexibility index (Phi) is 5.17. The Balaban J connectivity index is 2.31. The highest BCUT2D eigenvalue weighted by Gasteiger charge is 2.27. The molecular formula is C15H21ClO4S. The molecule has 0 amide bonds. The lowest BCUT2D eigenvalue weighted by atomic mass is 9.95. The smallest absolute Gasteiger partial charge is 0.265 e. The van der Waals surface area contributed by atoms with Gasteiger partial charge < -0.3 is 9.47 Å². The van der Waals surface area contributed by atoms with Gasteiger partial charge in [0.2, 0.25) is 0 Å². The zero-order valence-electron chi connectivity index (χ0n) is 12.6. The highest BCUT2D eigenvalue weighted by atomic mass is 35.7. The number of benzene rings is 1. The number of aryl methyl sites for hydroxylation is 2. The average molecular weight is 333 g/mol. The van der Waals surface area contributed by atoms with Crippen molar-refractivity contribution < 1.29 is 17.9 Å². The Hall–Kier alpha value is -0.780. The van der Waals surface area contributed by atoms with Gasteiger partial charge >= 0.3 is 0 Å². The summed E-state index contributed by atoms with van der Waals surface area (Å²) in [5.74, 6) is 0.373. The summed E-state index contributed by atoms with van der Waals surface area (Å²) >= 11 is 0. The van der Waals surface area contributed by atoms with Crippen LogP contribution in [0.2, 0.25) is 0 Å². The Morgan fingerprint density at radius 1 is 1.19 bits per heavy atom. The Bertz CT molecular complexity index is 612. The van der Waals surface area contributed by atoms with E-state index in [-0.39, 0.29) is 17.1 Å². The molecule has 2 unspecified atom stereocenters. The molecule has 0 aliphatic heterocycles. The van der Waals surface area contributed by atoms with Gasteiger partial charge in [-0.05, 0) is 50.3 Å². The van der Waals surface area contributed by atoms with Gasteiger partial charge in [-0.3, -0.25) is 0 Å². The van der Waals surface area contributed by atoms with Crippen LogP contribution >= 0.6 is 10.7 Å². The normalized spacial score (nSPS) is 23.0. The number of hydrogen-bond donors (Lipinski definition) is 0. The second-order valence-corrected chi connectivity index (χ2v) is 8.15. The lowest BCUT2D eigenvalue weighted by Gasteiger charge is -2.29. The molecule has 21 heavy (non-hydrogen) atoms. The van der Waals surface area contributed by atoms with Crippen molar-refractivity contribution in [3.8, 4) is 5.75 Å². The molecule has 6 heteroatoms. The maximum Gasteiger partial charge on any atom is 0.265 e. The molecule has 1 aliphatic carbocycles. The molecule has 0 spiro atoms. The molecule has 0 bridgehead atoms. The van der Waals surface area contributed by atoms with E-state index in [4.69, 9.17) is 20.2 Å². The summed E-state index contributed by atoms with van der Waals surface area (Å²) in [6.45, 7) is 3.68. The summed E-state index contributed by atoms with van der Waals surface area (Å²) in [6.07, 6.45) is 3.83. The highest BCUT2D eigenvalue weighted by molar-refractivity contribution is 8.13. The van der Waals surface area contributed by atoms with Crippen molar-refractivity contribution in [3.63, 3.8) is 0 Å². The molecule has 1 saturated carbocycles. The first-order valence-electron chi connectivity index (χ1n) is 7.06. The fourth-order valence-corrected chi connectivity index (χ4v) is 3.94. The van der Waals surface area contributed by atoms with E-state index in [1.807, 2.05) is 19.9 Å². The molecule has 118 valence electrons. The minimum atomic E-state index is -3.83. The van der Waals surface area contributed by atoms with E-state index in [0.29, 0.717) is 5.75 Å². The van der Waals surface area contributed by atoms with E-state index < -0.39 is 9.05 Å². The van der Waals surface area contributed by atoms with Crippen molar-refractivity contribution in [2.24, 2.45) is 0 Å². The molecule has 4 nitrogen and oxygen atoms in total. The summed E-state index contributed by atoms with van der Waals surface area (Å²) in [5, 5.41) is 0. The van der Waals surface area contributed by atoms with E-state index in [1.54, 1.807) is 13.2 Å². The standard InChI is InChI=1S/C15H21ClO4S/c1-10-7-11(2)15(14(8-10)21(16,17)18)20-13-6-4-5-12(9-13)19-3/h7-8,12-13H,4-6,9H2,1-3H3. The van der Waals surface area contributed by atoms with Crippen molar-refractivity contribution in [1.82, 2.24) is 0 Å². The van der Waals surface area contributed by atoms with Crippen molar-refractivity contribution >= 4 is 19.7 Å². The minimum Gasteiger partial charge on any atom is -0.489 e. The summed E-state index contributed by atoms with van der Waals surface area (Å²) < 4.78 is 34.9. The van der Waals surface area contributed by atoms with Crippen LogP contribution in [0.1, 0.15) is 36.8 Å². The molecule has 1 aromatic carbocycles. The van der Waals surface area contributed by atoms with Gasteiger partial charge in [0.15, 0.2) is 0 Å². The van der Waals surface area contributed by atoms with E-state index in [2.05, 4.69) is 0 Å². The van der Waals surface area contributed by atoms with Crippen LogP contribution in [0.25, 0.3) is 0 Å². The second-order valence-electron chi connectivity index (χ2n) is 5.61. The van der Waals surface area contributed by atoms with E-state index in [0.717, 1.165) is 36.8 Å². The summed E-state index contributed by atoms with van der Waals surface area (Å²) in [4.78, 5) is 0.0567. The van der Waals surface area contributed by atoms with Crippen molar-refractivity contribution in [3.05, 3.63) is 23.3 Å². The van der Waals surface area contributed by atoms with Crippen LogP contribution in [-0.4, -0.2) is 27.7 Å². The van der Waals surface area contributed by atoms with Crippen molar-refractivity contribution in [2.45, 2.75) is 56.6 Å². The van der Waals surface area contributed by atoms with Crippen molar-refractivity contribution in [1.29, 1.82) is 0 Å². The van der Waals surface area contributed by atoms with Crippen LogP contribution in [0.15, 0.2) is 17.0 Å². The zero-order chi connectivity index (χ0) is 15.6. The molecule has 2 atom stereocenters. The third-order valence-corrected chi connectivity index (χ3v) is 5.17. The van der Waals surface area contributed by atoms with E-state index in [9.17, 15) is 8.42 Å². The molecule has 0 heterocycles. The van der Waals surface area contributed by atoms with Gasteiger partial charge in [-0.2, -0.15) is 0 Å². The molecule has 1 fully saturated rings. The zero-order valence-corrected chi connectivity index (χ0v) is 14.1. The molecule has 0 saturated heterocycles. The van der Waals surface area contributed by atoms with Gasteiger partial charge in [0.05, 0.1) is 6.10 Å². The van der Waals surface area contributed by atoms with Crippen LogP contribution in [0.4, 0.5) is 0 Å². The Morgan fingerprint density at radius 3 is 2.48 bits per heavy atom. The third-order valence-electron chi connectivity index (χ3n) is 3.84.